The summed E-state index contributed by atoms with van der Waals surface area (Å²) in [6.07, 6.45) is 1.65. The number of halogens is 1. The van der Waals surface area contributed by atoms with Crippen molar-refractivity contribution in [1.29, 1.82) is 0 Å². The summed E-state index contributed by atoms with van der Waals surface area (Å²) in [5.74, 6) is -0.630. The summed E-state index contributed by atoms with van der Waals surface area (Å²) >= 11 is 7.30. The van der Waals surface area contributed by atoms with Crippen molar-refractivity contribution in [3.8, 4) is 0 Å². The monoisotopic (exact) mass is 407 g/mol. The highest BCUT2D eigenvalue weighted by Gasteiger charge is 2.20. The molecule has 0 radical (unpaired) electrons. The van der Waals surface area contributed by atoms with Crippen LogP contribution in [0.4, 0.5) is 11.4 Å². The van der Waals surface area contributed by atoms with Gasteiger partial charge < -0.3 is 11.1 Å². The van der Waals surface area contributed by atoms with Gasteiger partial charge in [0.15, 0.2) is 5.78 Å². The molecule has 2 aromatic carbocycles. The molecule has 0 saturated carbocycles. The van der Waals surface area contributed by atoms with Gasteiger partial charge in [-0.15, -0.1) is 11.3 Å². The minimum atomic E-state index is -0.398. The van der Waals surface area contributed by atoms with Crippen LogP contribution in [0.25, 0.3) is 10.2 Å². The molecule has 0 aliphatic rings. The number of anilines is 2. The summed E-state index contributed by atoms with van der Waals surface area (Å²) < 4.78 is 0. The lowest BCUT2D eigenvalue weighted by Gasteiger charge is -2.11. The molecule has 0 aliphatic carbocycles. The van der Waals surface area contributed by atoms with Crippen LogP contribution in [0.3, 0.4) is 0 Å². The Morgan fingerprint density at radius 1 is 1.04 bits per heavy atom. The van der Waals surface area contributed by atoms with Crippen molar-refractivity contribution in [1.82, 2.24) is 4.98 Å². The lowest BCUT2D eigenvalue weighted by molar-refractivity contribution is 0.103. The van der Waals surface area contributed by atoms with Crippen LogP contribution in [0.15, 0.2) is 66.9 Å². The van der Waals surface area contributed by atoms with E-state index in [4.69, 9.17) is 17.3 Å². The van der Waals surface area contributed by atoms with Gasteiger partial charge in [0.05, 0.1) is 11.4 Å². The molecule has 0 saturated heterocycles. The van der Waals surface area contributed by atoms with Crippen molar-refractivity contribution >= 4 is 56.2 Å². The molecule has 5 nitrogen and oxygen atoms in total. The minimum absolute atomic E-state index is 0.232. The van der Waals surface area contributed by atoms with Crippen LogP contribution in [0.1, 0.15) is 25.6 Å². The minimum Gasteiger partial charge on any atom is -0.397 e. The number of nitrogens with two attached hydrogens (primary N) is 1. The molecule has 0 fully saturated rings. The van der Waals surface area contributed by atoms with E-state index >= 15 is 0 Å². The van der Waals surface area contributed by atoms with Gasteiger partial charge in [0.25, 0.3) is 5.91 Å². The summed E-state index contributed by atoms with van der Waals surface area (Å²) in [6.45, 7) is 0. The van der Waals surface area contributed by atoms with E-state index in [-0.39, 0.29) is 5.78 Å². The Kier molecular flexibility index (Phi) is 4.81. The maximum atomic E-state index is 12.9. The normalized spacial score (nSPS) is 10.8. The first-order valence-corrected chi connectivity index (χ1v) is 9.57. The van der Waals surface area contributed by atoms with Crippen molar-refractivity contribution in [2.24, 2.45) is 0 Å². The Balaban J connectivity index is 1.71. The number of amides is 1. The third-order valence-corrected chi connectivity index (χ3v) is 5.58. The highest BCUT2D eigenvalue weighted by atomic mass is 35.5. The van der Waals surface area contributed by atoms with Gasteiger partial charge in [0.2, 0.25) is 0 Å². The van der Waals surface area contributed by atoms with Crippen LogP contribution in [-0.4, -0.2) is 16.7 Å². The van der Waals surface area contributed by atoms with E-state index in [1.54, 1.807) is 54.7 Å². The van der Waals surface area contributed by atoms with E-state index in [9.17, 15) is 9.59 Å². The van der Waals surface area contributed by atoms with E-state index in [1.807, 2.05) is 12.1 Å². The first kappa shape index (κ1) is 18.2. The molecule has 138 valence electrons. The fourth-order valence-electron chi connectivity index (χ4n) is 2.86. The second-order valence-corrected chi connectivity index (χ2v) is 7.48. The molecule has 4 rings (SSSR count). The van der Waals surface area contributed by atoms with E-state index < -0.39 is 5.91 Å². The van der Waals surface area contributed by atoms with Crippen LogP contribution < -0.4 is 11.1 Å². The fourth-order valence-corrected chi connectivity index (χ4v) is 3.99. The fraction of sp³-hybridized carbons (Fsp3) is 0. The highest BCUT2D eigenvalue weighted by Crippen LogP contribution is 2.33. The molecule has 0 unspecified atom stereocenters. The standard InChI is InChI=1S/C21H14ClN3O2S/c22-13-8-9-16(15(11-13)18(26)12-5-2-1-3-6-12)25-20(27)19-17(23)14-7-4-10-24-21(14)28-19/h1-11H,23H2,(H,25,27). The number of nitrogen functional groups attached to an aromatic ring is 1. The van der Waals surface area contributed by atoms with Gasteiger partial charge in [-0.05, 0) is 30.3 Å². The lowest BCUT2D eigenvalue weighted by atomic mass is 10.0. The number of ketones is 1. The van der Waals surface area contributed by atoms with Gasteiger partial charge in [-0.3, -0.25) is 9.59 Å². The molecular weight excluding hydrogens is 394 g/mol. The predicted molar refractivity (Wildman–Crippen MR) is 113 cm³/mol. The zero-order valence-corrected chi connectivity index (χ0v) is 16.1. The number of hydrogen-bond acceptors (Lipinski definition) is 5. The molecule has 0 spiro atoms. The van der Waals surface area contributed by atoms with E-state index in [0.717, 1.165) is 5.39 Å². The van der Waals surface area contributed by atoms with Gasteiger partial charge >= 0.3 is 0 Å². The second-order valence-electron chi connectivity index (χ2n) is 6.04. The number of carbonyl (C=O) groups is 2. The summed E-state index contributed by atoms with van der Waals surface area (Å²) in [6, 6.07) is 17.2. The molecule has 0 atom stereocenters. The Bertz CT molecular complexity index is 1200. The number of rotatable bonds is 4. The average Bonchev–Trinajstić information content (AvgIpc) is 3.06. The number of pyridine rings is 1. The predicted octanol–water partition coefficient (Wildman–Crippen LogP) is 5.02. The number of thiophene rings is 1. The van der Waals surface area contributed by atoms with Crippen molar-refractivity contribution in [3.63, 3.8) is 0 Å². The van der Waals surface area contributed by atoms with Gasteiger partial charge in [-0.2, -0.15) is 0 Å². The SMILES string of the molecule is Nc1c(C(=O)Nc2ccc(Cl)cc2C(=O)c2ccccc2)sc2ncccc12. The first-order valence-electron chi connectivity index (χ1n) is 8.38. The molecule has 3 N–H and O–H groups in total. The van der Waals surface area contributed by atoms with E-state index in [0.29, 0.717) is 37.2 Å². The number of hydrogen-bond donors (Lipinski definition) is 2. The molecule has 7 heteroatoms. The first-order chi connectivity index (χ1) is 13.5. The molecule has 2 heterocycles. The Morgan fingerprint density at radius 3 is 2.57 bits per heavy atom. The number of carbonyl (C=O) groups excluding carboxylic acids is 2. The summed E-state index contributed by atoms with van der Waals surface area (Å²) in [5.41, 5.74) is 7.68. The summed E-state index contributed by atoms with van der Waals surface area (Å²) in [5, 5.41) is 3.93. The van der Waals surface area contributed by atoms with Crippen molar-refractivity contribution in [3.05, 3.63) is 87.9 Å². The van der Waals surface area contributed by atoms with Gasteiger partial charge in [0, 0.05) is 27.7 Å². The number of nitrogens with one attached hydrogen (secondary N) is 1. The largest absolute Gasteiger partial charge is 0.397 e. The Hall–Kier alpha value is -3.22. The zero-order chi connectivity index (χ0) is 19.7. The van der Waals surface area contributed by atoms with Gasteiger partial charge in [-0.1, -0.05) is 41.9 Å². The number of benzene rings is 2. The van der Waals surface area contributed by atoms with Crippen LogP contribution in [0, 0.1) is 0 Å². The maximum absolute atomic E-state index is 12.9. The maximum Gasteiger partial charge on any atom is 0.267 e. The second kappa shape index (κ2) is 7.42. The van der Waals surface area contributed by atoms with Crippen molar-refractivity contribution < 1.29 is 9.59 Å². The third-order valence-electron chi connectivity index (χ3n) is 4.22. The molecule has 4 aromatic rings. The molecule has 0 aliphatic heterocycles. The van der Waals surface area contributed by atoms with Gasteiger partial charge in [0.1, 0.15) is 9.71 Å². The molecular formula is C21H14ClN3O2S. The molecule has 0 bridgehead atoms. The number of aromatic nitrogens is 1. The third kappa shape index (κ3) is 3.35. The Labute approximate surface area is 169 Å². The Morgan fingerprint density at radius 2 is 1.82 bits per heavy atom. The van der Waals surface area contributed by atoms with Crippen LogP contribution in [0.5, 0.6) is 0 Å². The summed E-state index contributed by atoms with van der Waals surface area (Å²) in [4.78, 5) is 31.0. The highest BCUT2D eigenvalue weighted by molar-refractivity contribution is 7.21. The zero-order valence-electron chi connectivity index (χ0n) is 14.5. The van der Waals surface area contributed by atoms with Gasteiger partial charge in [-0.25, -0.2) is 4.98 Å². The number of fused-ring (bicyclic) bond motifs is 1. The molecule has 28 heavy (non-hydrogen) atoms. The van der Waals surface area contributed by atoms with Crippen molar-refractivity contribution in [2.75, 3.05) is 11.1 Å². The quantitative estimate of drug-likeness (QED) is 0.465. The lowest BCUT2D eigenvalue weighted by Crippen LogP contribution is -2.15. The molecule has 2 aromatic heterocycles. The van der Waals surface area contributed by atoms with E-state index in [1.165, 1.54) is 11.3 Å². The average molecular weight is 408 g/mol. The topological polar surface area (TPSA) is 85.1 Å². The van der Waals surface area contributed by atoms with E-state index in [2.05, 4.69) is 10.3 Å². The summed E-state index contributed by atoms with van der Waals surface area (Å²) in [7, 11) is 0. The van der Waals surface area contributed by atoms with Crippen molar-refractivity contribution in [2.45, 2.75) is 0 Å². The van der Waals surface area contributed by atoms with Crippen LogP contribution >= 0.6 is 22.9 Å². The van der Waals surface area contributed by atoms with Crippen LogP contribution in [0.2, 0.25) is 5.02 Å². The number of nitrogens with zero attached hydrogens (tertiary/aromatic N) is 1. The van der Waals surface area contributed by atoms with Crippen LogP contribution in [-0.2, 0) is 0 Å². The smallest absolute Gasteiger partial charge is 0.267 e. The molecule has 1 amide bonds.